The maximum atomic E-state index is 13.2. The van der Waals surface area contributed by atoms with E-state index in [2.05, 4.69) is 29.2 Å². The number of hydrogen-bond acceptors (Lipinski definition) is 3. The summed E-state index contributed by atoms with van der Waals surface area (Å²) in [4.78, 5) is 19.2. The van der Waals surface area contributed by atoms with Crippen LogP contribution < -0.4 is 0 Å². The van der Waals surface area contributed by atoms with E-state index in [1.807, 2.05) is 35.2 Å². The molecule has 4 rings (SSSR count). The van der Waals surface area contributed by atoms with Gasteiger partial charge in [0.15, 0.2) is 12.2 Å². The zero-order valence-electron chi connectivity index (χ0n) is 14.7. The smallest absolute Gasteiger partial charge is 0.254 e. The molecule has 0 saturated carbocycles. The average molecular weight is 346 g/mol. The first-order valence-electron chi connectivity index (χ1n) is 9.18. The molecule has 0 spiro atoms. The summed E-state index contributed by atoms with van der Waals surface area (Å²) in [6, 6.07) is 18.1. The quantitative estimate of drug-likeness (QED) is 0.663. The van der Waals surface area contributed by atoms with E-state index in [9.17, 15) is 4.79 Å². The van der Waals surface area contributed by atoms with Gasteiger partial charge in [-0.05, 0) is 30.5 Å². The number of hydrogen-bond donors (Lipinski definition) is 0. The maximum Gasteiger partial charge on any atom is 0.254 e. The number of benzene rings is 2. The lowest BCUT2D eigenvalue weighted by molar-refractivity contribution is 0.0681. The first kappa shape index (κ1) is 16.6. The minimum absolute atomic E-state index is 0.102. The van der Waals surface area contributed by atoms with Crippen LogP contribution in [-0.2, 0) is 0 Å². The van der Waals surface area contributed by atoms with Crippen LogP contribution >= 0.6 is 0 Å². The summed E-state index contributed by atoms with van der Waals surface area (Å²) in [5, 5.41) is 0. The van der Waals surface area contributed by atoms with Crippen LogP contribution in [0.15, 0.2) is 71.6 Å². The van der Waals surface area contributed by atoms with Gasteiger partial charge in [0, 0.05) is 17.7 Å². The first-order chi connectivity index (χ1) is 12.8. The standard InChI is InChI=1S/C22H22N2O2/c25-22(19-12-10-18(11-13-19)21-15-23-16-26-21)24-14-6-2-5-9-20(24)17-7-3-1-4-8-17/h1,3-4,7-8,10-13,15-16,20H,2,5-6,9,14H2. The molecular formula is C22H22N2O2. The Morgan fingerprint density at radius 1 is 1.00 bits per heavy atom. The molecule has 0 radical (unpaired) electrons. The molecule has 4 heteroatoms. The maximum absolute atomic E-state index is 13.2. The summed E-state index contributed by atoms with van der Waals surface area (Å²) in [5.41, 5.74) is 2.87. The van der Waals surface area contributed by atoms with Crippen LogP contribution in [0.1, 0.15) is 47.6 Å². The van der Waals surface area contributed by atoms with Crippen molar-refractivity contribution in [3.63, 3.8) is 0 Å². The molecule has 0 bridgehead atoms. The fourth-order valence-electron chi connectivity index (χ4n) is 3.67. The molecule has 132 valence electrons. The van der Waals surface area contributed by atoms with E-state index in [1.54, 1.807) is 6.20 Å². The molecule has 26 heavy (non-hydrogen) atoms. The second-order valence-corrected chi connectivity index (χ2v) is 6.72. The lowest BCUT2D eigenvalue weighted by Crippen LogP contribution is -2.34. The van der Waals surface area contributed by atoms with Crippen LogP contribution in [0.5, 0.6) is 0 Å². The number of amides is 1. The number of aromatic nitrogens is 1. The van der Waals surface area contributed by atoms with Gasteiger partial charge >= 0.3 is 0 Å². The molecule has 1 aliphatic heterocycles. The first-order valence-corrected chi connectivity index (χ1v) is 9.18. The molecule has 2 heterocycles. The summed E-state index contributed by atoms with van der Waals surface area (Å²) in [5.74, 6) is 0.811. The fraction of sp³-hybridized carbons (Fsp3) is 0.273. The Morgan fingerprint density at radius 2 is 1.81 bits per heavy atom. The van der Waals surface area contributed by atoms with Crippen molar-refractivity contribution in [2.75, 3.05) is 6.54 Å². The topological polar surface area (TPSA) is 46.3 Å². The highest BCUT2D eigenvalue weighted by Crippen LogP contribution is 2.31. The van der Waals surface area contributed by atoms with E-state index in [0.29, 0.717) is 5.76 Å². The third kappa shape index (κ3) is 3.40. The molecule has 1 saturated heterocycles. The van der Waals surface area contributed by atoms with Crippen LogP contribution in [-0.4, -0.2) is 22.3 Å². The molecule has 2 aromatic carbocycles. The van der Waals surface area contributed by atoms with Crippen molar-refractivity contribution in [3.8, 4) is 11.3 Å². The largest absolute Gasteiger partial charge is 0.444 e. The number of oxazole rings is 1. The highest BCUT2D eigenvalue weighted by molar-refractivity contribution is 5.95. The van der Waals surface area contributed by atoms with Crippen LogP contribution in [0.25, 0.3) is 11.3 Å². The SMILES string of the molecule is O=C(c1ccc(-c2cnco2)cc1)N1CCCCCC1c1ccccc1. The second kappa shape index (κ2) is 7.56. The Kier molecular flexibility index (Phi) is 4.82. The van der Waals surface area contributed by atoms with Crippen molar-refractivity contribution in [2.45, 2.75) is 31.7 Å². The van der Waals surface area contributed by atoms with E-state index in [1.165, 1.54) is 18.4 Å². The molecule has 1 unspecified atom stereocenters. The average Bonchev–Trinajstić information content (AvgIpc) is 3.13. The van der Waals surface area contributed by atoms with E-state index < -0.39 is 0 Å². The van der Waals surface area contributed by atoms with Gasteiger partial charge in [-0.2, -0.15) is 0 Å². The number of carbonyl (C=O) groups is 1. The predicted octanol–water partition coefficient (Wildman–Crippen LogP) is 5.10. The Balaban J connectivity index is 1.60. The summed E-state index contributed by atoms with van der Waals surface area (Å²) < 4.78 is 5.32. The molecule has 1 aromatic heterocycles. The van der Waals surface area contributed by atoms with Gasteiger partial charge < -0.3 is 9.32 Å². The molecular weight excluding hydrogens is 324 g/mol. The van der Waals surface area contributed by atoms with Crippen LogP contribution in [0.2, 0.25) is 0 Å². The third-order valence-corrected chi connectivity index (χ3v) is 5.05. The Hall–Kier alpha value is -2.88. The second-order valence-electron chi connectivity index (χ2n) is 6.72. The van der Waals surface area contributed by atoms with Crippen molar-refractivity contribution in [3.05, 3.63) is 78.3 Å². The zero-order chi connectivity index (χ0) is 17.8. The van der Waals surface area contributed by atoms with E-state index in [-0.39, 0.29) is 11.9 Å². The van der Waals surface area contributed by atoms with Gasteiger partial charge in [0.1, 0.15) is 0 Å². The van der Waals surface area contributed by atoms with Gasteiger partial charge in [0.2, 0.25) is 0 Å². The minimum Gasteiger partial charge on any atom is -0.444 e. The Labute approximate surface area is 153 Å². The summed E-state index contributed by atoms with van der Waals surface area (Å²) in [7, 11) is 0. The van der Waals surface area contributed by atoms with Gasteiger partial charge in [-0.1, -0.05) is 55.3 Å². The van der Waals surface area contributed by atoms with Crippen LogP contribution in [0.3, 0.4) is 0 Å². The number of rotatable bonds is 3. The number of nitrogens with zero attached hydrogens (tertiary/aromatic N) is 2. The molecule has 1 aliphatic rings. The van der Waals surface area contributed by atoms with Crippen LogP contribution in [0.4, 0.5) is 0 Å². The van der Waals surface area contributed by atoms with Crippen molar-refractivity contribution in [1.29, 1.82) is 0 Å². The number of likely N-dealkylation sites (tertiary alicyclic amines) is 1. The fourth-order valence-corrected chi connectivity index (χ4v) is 3.67. The molecule has 1 atom stereocenters. The van der Waals surface area contributed by atoms with Gasteiger partial charge in [0.25, 0.3) is 5.91 Å². The summed E-state index contributed by atoms with van der Waals surface area (Å²) in [6.45, 7) is 0.808. The van der Waals surface area contributed by atoms with Crippen LogP contribution in [0, 0.1) is 0 Å². The molecule has 3 aromatic rings. The van der Waals surface area contributed by atoms with Gasteiger partial charge in [-0.15, -0.1) is 0 Å². The summed E-state index contributed by atoms with van der Waals surface area (Å²) in [6.07, 6.45) is 7.51. The lowest BCUT2D eigenvalue weighted by Gasteiger charge is -2.30. The van der Waals surface area contributed by atoms with Gasteiger partial charge in [-0.3, -0.25) is 4.79 Å². The molecule has 4 nitrogen and oxygen atoms in total. The Morgan fingerprint density at radius 3 is 2.54 bits per heavy atom. The Bertz CT molecular complexity index is 842. The highest BCUT2D eigenvalue weighted by Gasteiger charge is 2.27. The lowest BCUT2D eigenvalue weighted by atomic mass is 10.00. The third-order valence-electron chi connectivity index (χ3n) is 5.05. The van der Waals surface area contributed by atoms with E-state index in [4.69, 9.17) is 4.42 Å². The van der Waals surface area contributed by atoms with Crippen molar-refractivity contribution in [1.82, 2.24) is 9.88 Å². The highest BCUT2D eigenvalue weighted by atomic mass is 16.3. The van der Waals surface area contributed by atoms with E-state index >= 15 is 0 Å². The number of carbonyl (C=O) groups excluding carboxylic acids is 1. The van der Waals surface area contributed by atoms with Gasteiger partial charge in [-0.25, -0.2) is 4.98 Å². The van der Waals surface area contributed by atoms with Gasteiger partial charge in [0.05, 0.1) is 12.2 Å². The van der Waals surface area contributed by atoms with E-state index in [0.717, 1.165) is 36.9 Å². The minimum atomic E-state index is 0.102. The normalized spacial score (nSPS) is 17.7. The molecule has 0 aliphatic carbocycles. The predicted molar refractivity (Wildman–Crippen MR) is 101 cm³/mol. The van der Waals surface area contributed by atoms with Crippen molar-refractivity contribution >= 4 is 5.91 Å². The summed E-state index contributed by atoms with van der Waals surface area (Å²) >= 11 is 0. The molecule has 1 fully saturated rings. The zero-order valence-corrected chi connectivity index (χ0v) is 14.7. The molecule has 1 amide bonds. The van der Waals surface area contributed by atoms with Crippen molar-refractivity contribution in [2.24, 2.45) is 0 Å². The van der Waals surface area contributed by atoms with Crippen molar-refractivity contribution < 1.29 is 9.21 Å². The monoisotopic (exact) mass is 346 g/mol. The molecule has 0 N–H and O–H groups in total.